The van der Waals surface area contributed by atoms with Crippen molar-refractivity contribution in [3.63, 3.8) is 0 Å². The van der Waals surface area contributed by atoms with Gasteiger partial charge in [-0.1, -0.05) is 6.07 Å². The zero-order chi connectivity index (χ0) is 19.6. The van der Waals surface area contributed by atoms with Crippen molar-refractivity contribution in [3.8, 4) is 0 Å². The second-order valence-corrected chi connectivity index (χ2v) is 8.82. The second kappa shape index (κ2) is 7.95. The van der Waals surface area contributed by atoms with Crippen molar-refractivity contribution in [2.45, 2.75) is 37.1 Å². The highest BCUT2D eigenvalue weighted by atomic mass is 32.2. The van der Waals surface area contributed by atoms with Gasteiger partial charge in [-0.3, -0.25) is 15.0 Å². The Morgan fingerprint density at radius 3 is 2.44 bits per heavy atom. The van der Waals surface area contributed by atoms with E-state index in [9.17, 15) is 18.0 Å². The van der Waals surface area contributed by atoms with Crippen LogP contribution < -0.4 is 5.32 Å². The first-order valence-electron chi connectivity index (χ1n) is 9.07. The van der Waals surface area contributed by atoms with E-state index in [0.29, 0.717) is 31.1 Å². The smallest absolute Gasteiger partial charge is 0.413 e. The Morgan fingerprint density at radius 2 is 1.78 bits per heavy atom. The van der Waals surface area contributed by atoms with E-state index in [1.165, 1.54) is 17.0 Å². The van der Waals surface area contributed by atoms with E-state index < -0.39 is 28.1 Å². The van der Waals surface area contributed by atoms with Crippen molar-refractivity contribution in [1.82, 2.24) is 14.5 Å². The first-order chi connectivity index (χ1) is 12.8. The van der Waals surface area contributed by atoms with Crippen LogP contribution in [0.25, 0.3) is 0 Å². The first-order valence-corrected chi connectivity index (χ1v) is 10.5. The van der Waals surface area contributed by atoms with Gasteiger partial charge < -0.3 is 4.74 Å². The maximum Gasteiger partial charge on any atom is 0.413 e. The fourth-order valence-electron chi connectivity index (χ4n) is 3.61. The predicted molar refractivity (Wildman–Crippen MR) is 98.8 cm³/mol. The molecule has 1 aliphatic heterocycles. The summed E-state index contributed by atoms with van der Waals surface area (Å²) in [5.41, 5.74) is 2.37. The highest BCUT2D eigenvalue weighted by Gasteiger charge is 2.32. The Morgan fingerprint density at radius 1 is 1.11 bits per heavy atom. The topological polar surface area (TPSA) is 96.0 Å². The van der Waals surface area contributed by atoms with Crippen LogP contribution in [0.3, 0.4) is 0 Å². The number of methoxy groups -OCH3 is 1. The summed E-state index contributed by atoms with van der Waals surface area (Å²) in [6.07, 6.45) is 2.21. The molecule has 0 unspecified atom stereocenters. The summed E-state index contributed by atoms with van der Waals surface area (Å²) in [5.74, 6) is -0.461. The molecule has 1 aromatic rings. The predicted octanol–water partition coefficient (Wildman–Crippen LogP) is 0.753. The highest BCUT2D eigenvalue weighted by Crippen LogP contribution is 2.26. The van der Waals surface area contributed by atoms with E-state index in [2.05, 4.69) is 10.1 Å². The molecule has 3 rings (SSSR count). The number of nitrogens with one attached hydrogen (secondary N) is 1. The number of sulfonamides is 1. The summed E-state index contributed by atoms with van der Waals surface area (Å²) in [5, 5.41) is 2.14. The van der Waals surface area contributed by atoms with Crippen LogP contribution in [0.4, 0.5) is 4.79 Å². The lowest BCUT2D eigenvalue weighted by molar-refractivity contribution is -0.125. The van der Waals surface area contributed by atoms with E-state index in [1.807, 2.05) is 11.0 Å². The molecular formula is C18H25N3O5S. The molecule has 0 aromatic heterocycles. The van der Waals surface area contributed by atoms with Crippen molar-refractivity contribution in [2.75, 3.05) is 33.3 Å². The summed E-state index contributed by atoms with van der Waals surface area (Å²) < 4.78 is 31.8. The number of nitrogens with zero attached hydrogens (tertiary/aromatic N) is 2. The SMILES string of the molecule is COC(=O)NC(=O)[C@H](C)N1CCN(S(=O)(=O)c2ccc3c(c2)CCC3)CC1. The summed E-state index contributed by atoms with van der Waals surface area (Å²) in [4.78, 5) is 25.4. The quantitative estimate of drug-likeness (QED) is 0.808. The average molecular weight is 395 g/mol. The number of ether oxygens (including phenoxy) is 1. The Balaban J connectivity index is 1.63. The van der Waals surface area contributed by atoms with E-state index >= 15 is 0 Å². The zero-order valence-electron chi connectivity index (χ0n) is 15.6. The second-order valence-electron chi connectivity index (χ2n) is 6.88. The van der Waals surface area contributed by atoms with Gasteiger partial charge in [0.15, 0.2) is 0 Å². The minimum absolute atomic E-state index is 0.301. The lowest BCUT2D eigenvalue weighted by Gasteiger charge is -2.36. The lowest BCUT2D eigenvalue weighted by Crippen LogP contribution is -2.55. The number of imide groups is 1. The molecule has 8 nitrogen and oxygen atoms in total. The van der Waals surface area contributed by atoms with Crippen molar-refractivity contribution >= 4 is 22.0 Å². The van der Waals surface area contributed by atoms with Gasteiger partial charge in [0.05, 0.1) is 18.0 Å². The third-order valence-corrected chi connectivity index (χ3v) is 7.21. The van der Waals surface area contributed by atoms with Crippen molar-refractivity contribution < 1.29 is 22.7 Å². The summed E-state index contributed by atoms with van der Waals surface area (Å²) >= 11 is 0. The molecule has 148 valence electrons. The van der Waals surface area contributed by atoms with Gasteiger partial charge in [-0.25, -0.2) is 13.2 Å². The number of benzene rings is 1. The minimum atomic E-state index is -3.54. The Bertz CT molecular complexity index is 831. The van der Waals surface area contributed by atoms with Crippen molar-refractivity contribution in [3.05, 3.63) is 29.3 Å². The molecule has 1 N–H and O–H groups in total. The van der Waals surface area contributed by atoms with Crippen molar-refractivity contribution in [2.24, 2.45) is 0 Å². The molecule has 1 aromatic carbocycles. The Labute approximate surface area is 159 Å². The molecule has 1 fully saturated rings. The van der Waals surface area contributed by atoms with E-state index in [-0.39, 0.29) is 0 Å². The van der Waals surface area contributed by atoms with Gasteiger partial charge in [0, 0.05) is 26.2 Å². The number of carbonyl (C=O) groups excluding carboxylic acids is 2. The van der Waals surface area contributed by atoms with E-state index in [4.69, 9.17) is 0 Å². The number of fused-ring (bicyclic) bond motifs is 1. The molecule has 0 spiro atoms. The third-order valence-electron chi connectivity index (χ3n) is 5.32. The van der Waals surface area contributed by atoms with Crippen LogP contribution in [-0.2, 0) is 32.4 Å². The zero-order valence-corrected chi connectivity index (χ0v) is 16.4. The maximum atomic E-state index is 12.9. The van der Waals surface area contributed by atoms with Gasteiger partial charge in [-0.05, 0) is 49.4 Å². The third kappa shape index (κ3) is 4.15. The van der Waals surface area contributed by atoms with Gasteiger partial charge >= 0.3 is 6.09 Å². The van der Waals surface area contributed by atoms with Gasteiger partial charge in [0.25, 0.3) is 0 Å². The molecule has 2 amide bonds. The number of alkyl carbamates (subject to hydrolysis) is 1. The van der Waals surface area contributed by atoms with Gasteiger partial charge in [0.1, 0.15) is 0 Å². The molecule has 27 heavy (non-hydrogen) atoms. The number of hydrogen-bond acceptors (Lipinski definition) is 6. The first kappa shape index (κ1) is 19.8. The molecule has 0 saturated carbocycles. The molecule has 2 aliphatic rings. The Kier molecular flexibility index (Phi) is 5.83. The van der Waals surface area contributed by atoms with Crippen molar-refractivity contribution in [1.29, 1.82) is 0 Å². The van der Waals surface area contributed by atoms with Crippen LogP contribution in [0.15, 0.2) is 23.1 Å². The molecule has 1 heterocycles. The number of amides is 2. The van der Waals surface area contributed by atoms with Crippen LogP contribution in [0.2, 0.25) is 0 Å². The average Bonchev–Trinajstić information content (AvgIpc) is 3.15. The maximum absolute atomic E-state index is 12.9. The standard InChI is InChI=1S/C18H25N3O5S/c1-13(17(22)19-18(23)26-2)20-8-10-21(11-9-20)27(24,25)16-7-6-14-4-3-5-15(14)12-16/h6-7,12-13H,3-5,8-11H2,1-2H3,(H,19,22,23)/t13-/m0/s1. The molecule has 0 radical (unpaired) electrons. The molecule has 0 bridgehead atoms. The largest absolute Gasteiger partial charge is 0.453 e. The molecule has 1 atom stereocenters. The van der Waals surface area contributed by atoms with Crippen LogP contribution in [-0.4, -0.2) is 69.0 Å². The van der Waals surface area contributed by atoms with Gasteiger partial charge in [-0.2, -0.15) is 4.31 Å². The highest BCUT2D eigenvalue weighted by molar-refractivity contribution is 7.89. The fourth-order valence-corrected chi connectivity index (χ4v) is 5.08. The number of piperazine rings is 1. The van der Waals surface area contributed by atoms with Crippen LogP contribution in [0.1, 0.15) is 24.5 Å². The molecule has 1 saturated heterocycles. The monoisotopic (exact) mass is 395 g/mol. The lowest BCUT2D eigenvalue weighted by atomic mass is 10.1. The minimum Gasteiger partial charge on any atom is -0.453 e. The number of aryl methyl sites for hydroxylation is 2. The van der Waals surface area contributed by atoms with E-state index in [1.54, 1.807) is 19.1 Å². The van der Waals surface area contributed by atoms with Crippen LogP contribution in [0, 0.1) is 0 Å². The number of hydrogen-bond donors (Lipinski definition) is 1. The number of rotatable bonds is 4. The summed E-state index contributed by atoms with van der Waals surface area (Å²) in [6, 6.07) is 4.87. The molecule has 9 heteroatoms. The normalized spacial score (nSPS) is 19.3. The molecular weight excluding hydrogens is 370 g/mol. The van der Waals surface area contributed by atoms with Crippen LogP contribution in [0.5, 0.6) is 0 Å². The number of carbonyl (C=O) groups is 2. The fraction of sp³-hybridized carbons (Fsp3) is 0.556. The molecule has 1 aliphatic carbocycles. The Hall–Kier alpha value is -1.97. The van der Waals surface area contributed by atoms with Gasteiger partial charge in [0.2, 0.25) is 15.9 Å². The van der Waals surface area contributed by atoms with Gasteiger partial charge in [-0.15, -0.1) is 0 Å². The van der Waals surface area contributed by atoms with E-state index in [0.717, 1.165) is 24.8 Å². The summed E-state index contributed by atoms with van der Waals surface area (Å²) in [6.45, 7) is 3.12. The summed E-state index contributed by atoms with van der Waals surface area (Å²) in [7, 11) is -2.35. The van der Waals surface area contributed by atoms with Crippen LogP contribution >= 0.6 is 0 Å².